The molecular formula is C17H28N4O2S. The summed E-state index contributed by atoms with van der Waals surface area (Å²) in [6.07, 6.45) is -0.307. The minimum atomic E-state index is -0.307. The molecule has 0 aliphatic carbocycles. The summed E-state index contributed by atoms with van der Waals surface area (Å²) in [5.74, 6) is 0.130. The van der Waals surface area contributed by atoms with E-state index in [0.29, 0.717) is 13.2 Å². The molecule has 1 unspecified atom stereocenters. The number of carbonyl (C=O) groups is 1. The van der Waals surface area contributed by atoms with Crippen molar-refractivity contribution >= 4 is 17.2 Å². The number of hydrogen-bond donors (Lipinski definition) is 1. The van der Waals surface area contributed by atoms with Crippen molar-refractivity contribution in [2.75, 3.05) is 45.9 Å². The molecule has 1 N–H and O–H groups in total. The molecule has 0 radical (unpaired) electrons. The van der Waals surface area contributed by atoms with Gasteiger partial charge in [-0.2, -0.15) is 0 Å². The number of nitrogens with zero attached hydrogens (tertiary/aromatic N) is 3. The number of rotatable bonds is 3. The fourth-order valence-electron chi connectivity index (χ4n) is 3.01. The first-order valence-corrected chi connectivity index (χ1v) is 9.60. The molecule has 2 aliphatic rings. The maximum atomic E-state index is 12.5. The lowest BCUT2D eigenvalue weighted by molar-refractivity contribution is -0.147. The standard InChI is InChI=1S/C17H28N4O2S/c1-17(2,3)16-19-13(12-24-16)11-20-5-7-21(8-6-20)15(22)14-10-18-4-9-23-14/h12,14,18H,4-11H2,1-3H3. The van der Waals surface area contributed by atoms with Crippen LogP contribution in [-0.2, 0) is 21.5 Å². The summed E-state index contributed by atoms with van der Waals surface area (Å²) < 4.78 is 5.57. The van der Waals surface area contributed by atoms with Crippen LogP contribution in [0, 0.1) is 0 Å². The van der Waals surface area contributed by atoms with Gasteiger partial charge in [0, 0.05) is 56.6 Å². The number of morpholine rings is 1. The van der Waals surface area contributed by atoms with Crippen LogP contribution in [0.4, 0.5) is 0 Å². The second-order valence-electron chi connectivity index (χ2n) is 7.56. The highest BCUT2D eigenvalue weighted by Gasteiger charge is 2.29. The van der Waals surface area contributed by atoms with Crippen molar-refractivity contribution in [3.8, 4) is 0 Å². The van der Waals surface area contributed by atoms with Crippen LogP contribution in [0.25, 0.3) is 0 Å². The van der Waals surface area contributed by atoms with Crippen LogP contribution in [0.1, 0.15) is 31.5 Å². The van der Waals surface area contributed by atoms with E-state index >= 15 is 0 Å². The Labute approximate surface area is 148 Å². The largest absolute Gasteiger partial charge is 0.366 e. The zero-order valence-electron chi connectivity index (χ0n) is 14.9. The highest BCUT2D eigenvalue weighted by atomic mass is 32.1. The van der Waals surface area contributed by atoms with E-state index in [1.165, 1.54) is 5.01 Å². The summed E-state index contributed by atoms with van der Waals surface area (Å²) >= 11 is 1.74. The lowest BCUT2D eigenvalue weighted by Gasteiger charge is -2.36. The van der Waals surface area contributed by atoms with Gasteiger partial charge in [0.15, 0.2) is 0 Å². The molecular weight excluding hydrogens is 324 g/mol. The number of amides is 1. The first kappa shape index (κ1) is 17.8. The molecule has 1 atom stereocenters. The van der Waals surface area contributed by atoms with Gasteiger partial charge in [0.1, 0.15) is 6.10 Å². The molecule has 1 amide bonds. The highest BCUT2D eigenvalue weighted by molar-refractivity contribution is 7.09. The highest BCUT2D eigenvalue weighted by Crippen LogP contribution is 2.26. The van der Waals surface area contributed by atoms with Gasteiger partial charge in [-0.25, -0.2) is 4.98 Å². The monoisotopic (exact) mass is 352 g/mol. The molecule has 1 aromatic heterocycles. The summed E-state index contributed by atoms with van der Waals surface area (Å²) in [7, 11) is 0. The Bertz CT molecular complexity index is 555. The lowest BCUT2D eigenvalue weighted by Crippen LogP contribution is -2.54. The Hall–Kier alpha value is -1.02. The SMILES string of the molecule is CC(C)(C)c1nc(CN2CCN(C(=O)C3CNCCO3)CC2)cs1. The average Bonchev–Trinajstić information content (AvgIpc) is 3.05. The molecule has 134 valence electrons. The van der Waals surface area contributed by atoms with Crippen molar-refractivity contribution in [2.45, 2.75) is 38.8 Å². The summed E-state index contributed by atoms with van der Waals surface area (Å²) in [5, 5.41) is 6.58. The molecule has 0 bridgehead atoms. The van der Waals surface area contributed by atoms with E-state index in [1.54, 1.807) is 11.3 Å². The zero-order valence-corrected chi connectivity index (χ0v) is 15.7. The smallest absolute Gasteiger partial charge is 0.253 e. The van der Waals surface area contributed by atoms with Crippen LogP contribution in [0.2, 0.25) is 0 Å². The summed E-state index contributed by atoms with van der Waals surface area (Å²) in [5.41, 5.74) is 1.26. The number of hydrogen-bond acceptors (Lipinski definition) is 6. The molecule has 0 aromatic carbocycles. The van der Waals surface area contributed by atoms with Crippen LogP contribution in [0.5, 0.6) is 0 Å². The summed E-state index contributed by atoms with van der Waals surface area (Å²) in [6, 6.07) is 0. The Morgan fingerprint density at radius 3 is 2.71 bits per heavy atom. The number of carbonyl (C=O) groups excluding carboxylic acids is 1. The fraction of sp³-hybridized carbons (Fsp3) is 0.765. The van der Waals surface area contributed by atoms with Crippen molar-refractivity contribution in [3.05, 3.63) is 16.1 Å². The van der Waals surface area contributed by atoms with Gasteiger partial charge in [-0.05, 0) is 0 Å². The molecule has 3 heterocycles. The Morgan fingerprint density at radius 1 is 1.38 bits per heavy atom. The maximum Gasteiger partial charge on any atom is 0.253 e. The second-order valence-corrected chi connectivity index (χ2v) is 8.42. The molecule has 1 aromatic rings. The zero-order chi connectivity index (χ0) is 17.2. The first-order valence-electron chi connectivity index (χ1n) is 8.72. The van der Waals surface area contributed by atoms with Gasteiger partial charge < -0.3 is 15.0 Å². The van der Waals surface area contributed by atoms with Gasteiger partial charge in [-0.3, -0.25) is 9.69 Å². The first-order chi connectivity index (χ1) is 11.4. The minimum absolute atomic E-state index is 0.113. The molecule has 0 saturated carbocycles. The van der Waals surface area contributed by atoms with E-state index in [4.69, 9.17) is 9.72 Å². The predicted molar refractivity (Wildman–Crippen MR) is 95.3 cm³/mol. The Kier molecular flexibility index (Phi) is 5.54. The van der Waals surface area contributed by atoms with Crippen molar-refractivity contribution in [1.29, 1.82) is 0 Å². The molecule has 2 fully saturated rings. The van der Waals surface area contributed by atoms with E-state index < -0.39 is 0 Å². The molecule has 6 nitrogen and oxygen atoms in total. The average molecular weight is 353 g/mol. The number of nitrogens with one attached hydrogen (secondary N) is 1. The molecule has 0 spiro atoms. The molecule has 2 saturated heterocycles. The second kappa shape index (κ2) is 7.47. The van der Waals surface area contributed by atoms with Crippen molar-refractivity contribution in [3.63, 3.8) is 0 Å². The van der Waals surface area contributed by atoms with Crippen LogP contribution in [0.3, 0.4) is 0 Å². The third-order valence-electron chi connectivity index (χ3n) is 4.47. The third kappa shape index (κ3) is 4.33. The van der Waals surface area contributed by atoms with Gasteiger partial charge in [0.05, 0.1) is 17.3 Å². The van der Waals surface area contributed by atoms with Crippen LogP contribution in [-0.4, -0.2) is 72.7 Å². The van der Waals surface area contributed by atoms with Crippen molar-refractivity contribution in [1.82, 2.24) is 20.1 Å². The van der Waals surface area contributed by atoms with Crippen molar-refractivity contribution < 1.29 is 9.53 Å². The summed E-state index contributed by atoms with van der Waals surface area (Å²) in [6.45, 7) is 12.9. The van der Waals surface area contributed by atoms with Gasteiger partial charge in [0.2, 0.25) is 0 Å². The van der Waals surface area contributed by atoms with Gasteiger partial charge >= 0.3 is 0 Å². The molecule has 7 heteroatoms. The maximum absolute atomic E-state index is 12.5. The summed E-state index contributed by atoms with van der Waals surface area (Å²) in [4.78, 5) is 21.6. The van der Waals surface area contributed by atoms with Gasteiger partial charge in [-0.1, -0.05) is 20.8 Å². The van der Waals surface area contributed by atoms with E-state index in [0.717, 1.165) is 45.0 Å². The Morgan fingerprint density at radius 2 is 2.12 bits per heavy atom. The number of piperazine rings is 1. The minimum Gasteiger partial charge on any atom is -0.366 e. The van der Waals surface area contributed by atoms with Crippen LogP contribution < -0.4 is 5.32 Å². The Balaban J connectivity index is 1.48. The fourth-order valence-corrected chi connectivity index (χ4v) is 3.91. The van der Waals surface area contributed by atoms with Gasteiger partial charge in [0.25, 0.3) is 5.91 Å². The van der Waals surface area contributed by atoms with Crippen molar-refractivity contribution in [2.24, 2.45) is 0 Å². The molecule has 24 heavy (non-hydrogen) atoms. The molecule has 3 rings (SSSR count). The predicted octanol–water partition coefficient (Wildman–Crippen LogP) is 1.07. The quantitative estimate of drug-likeness (QED) is 0.882. The number of thiazole rings is 1. The molecule has 2 aliphatic heterocycles. The lowest BCUT2D eigenvalue weighted by atomic mass is 9.98. The van der Waals surface area contributed by atoms with E-state index in [9.17, 15) is 4.79 Å². The van der Waals surface area contributed by atoms with E-state index in [1.807, 2.05) is 4.90 Å². The van der Waals surface area contributed by atoms with E-state index in [-0.39, 0.29) is 17.4 Å². The van der Waals surface area contributed by atoms with Crippen LogP contribution >= 0.6 is 11.3 Å². The third-order valence-corrected chi connectivity index (χ3v) is 5.78. The topological polar surface area (TPSA) is 57.7 Å². The van der Waals surface area contributed by atoms with E-state index in [2.05, 4.69) is 36.4 Å². The van der Waals surface area contributed by atoms with Gasteiger partial charge in [-0.15, -0.1) is 11.3 Å². The normalized spacial score (nSPS) is 23.5. The van der Waals surface area contributed by atoms with Crippen LogP contribution in [0.15, 0.2) is 5.38 Å². The number of ether oxygens (including phenoxy) is 1. The number of aromatic nitrogens is 1.